The molecule has 170 valence electrons. The van der Waals surface area contributed by atoms with Gasteiger partial charge in [-0.3, -0.25) is 9.59 Å². The van der Waals surface area contributed by atoms with Gasteiger partial charge in [0.05, 0.1) is 5.69 Å². The smallest absolute Gasteiger partial charge is 0.255 e. The van der Waals surface area contributed by atoms with Crippen molar-refractivity contribution in [1.29, 1.82) is 0 Å². The van der Waals surface area contributed by atoms with Crippen molar-refractivity contribution in [3.05, 3.63) is 124 Å². The monoisotopic (exact) mass is 478 g/mol. The molecule has 0 saturated carbocycles. The number of para-hydroxylation sites is 1. The molecule has 7 heteroatoms. The molecule has 0 saturated heterocycles. The minimum absolute atomic E-state index is 0.204. The second-order valence-corrected chi connectivity index (χ2v) is 8.25. The molecule has 0 amide bonds. The fourth-order valence-corrected chi connectivity index (χ4v) is 3.72. The minimum Gasteiger partial charge on any atom is -0.324 e. The number of carbonyl (C=O) groups is 1. The summed E-state index contributed by atoms with van der Waals surface area (Å²) in [5.41, 5.74) is 3.87. The number of benzene rings is 3. The Morgan fingerprint density at radius 1 is 0.943 bits per heavy atom. The van der Waals surface area contributed by atoms with Gasteiger partial charge >= 0.3 is 0 Å². The average molecular weight is 479 g/mol. The highest BCUT2D eigenvalue weighted by Gasteiger charge is 2.06. The maximum Gasteiger partial charge on any atom is 0.255 e. The van der Waals surface area contributed by atoms with E-state index in [-0.39, 0.29) is 11.3 Å². The third kappa shape index (κ3) is 5.18. The van der Waals surface area contributed by atoms with E-state index in [1.165, 1.54) is 12.2 Å². The summed E-state index contributed by atoms with van der Waals surface area (Å²) in [6, 6.07) is 25.5. The number of aromatic amines is 1. The van der Waals surface area contributed by atoms with Crippen LogP contribution in [-0.2, 0) is 0 Å². The maximum absolute atomic E-state index is 12.6. The molecule has 5 rings (SSSR count). The van der Waals surface area contributed by atoms with Crippen molar-refractivity contribution in [2.45, 2.75) is 0 Å². The number of halogens is 1. The Hall–Kier alpha value is -4.55. The topological polar surface area (TPSA) is 87.7 Å². The number of rotatable bonds is 6. The molecular weight excluding hydrogens is 460 g/mol. The summed E-state index contributed by atoms with van der Waals surface area (Å²) in [7, 11) is 0. The summed E-state index contributed by atoms with van der Waals surface area (Å²) in [4.78, 5) is 36.6. The van der Waals surface area contributed by atoms with Gasteiger partial charge in [0, 0.05) is 39.1 Å². The van der Waals surface area contributed by atoms with Crippen LogP contribution in [0.4, 0.5) is 11.6 Å². The third-order valence-corrected chi connectivity index (χ3v) is 5.67. The number of ketones is 1. The Balaban J connectivity index is 1.29. The van der Waals surface area contributed by atoms with Crippen LogP contribution in [0.1, 0.15) is 15.9 Å². The first kappa shape index (κ1) is 22.3. The van der Waals surface area contributed by atoms with Crippen LogP contribution in [0.25, 0.3) is 28.2 Å². The minimum atomic E-state index is -0.242. The van der Waals surface area contributed by atoms with Crippen molar-refractivity contribution in [2.24, 2.45) is 0 Å². The predicted octanol–water partition coefficient (Wildman–Crippen LogP) is 6.28. The second-order valence-electron chi connectivity index (χ2n) is 7.81. The van der Waals surface area contributed by atoms with Crippen LogP contribution in [0.2, 0.25) is 5.02 Å². The van der Waals surface area contributed by atoms with Crippen LogP contribution in [-0.4, -0.2) is 20.7 Å². The molecule has 35 heavy (non-hydrogen) atoms. The number of carbonyl (C=O) groups excluding carboxylic acids is 1. The van der Waals surface area contributed by atoms with Crippen molar-refractivity contribution in [1.82, 2.24) is 15.0 Å². The molecule has 3 aromatic carbocycles. The van der Waals surface area contributed by atoms with Crippen molar-refractivity contribution < 1.29 is 4.79 Å². The molecule has 0 bridgehead atoms. The lowest BCUT2D eigenvalue weighted by Crippen LogP contribution is -2.09. The van der Waals surface area contributed by atoms with Gasteiger partial charge in [-0.2, -0.15) is 0 Å². The summed E-state index contributed by atoms with van der Waals surface area (Å²) in [5.74, 6) is 0.233. The number of H-pyrrole nitrogens is 1. The molecule has 0 aliphatic rings. The molecule has 0 atom stereocenters. The van der Waals surface area contributed by atoms with E-state index in [2.05, 4.69) is 20.3 Å². The Morgan fingerprint density at radius 2 is 1.71 bits per heavy atom. The molecule has 2 aromatic heterocycles. The van der Waals surface area contributed by atoms with Gasteiger partial charge in [-0.1, -0.05) is 41.9 Å². The average Bonchev–Trinajstić information content (AvgIpc) is 2.88. The molecule has 0 aliphatic heterocycles. The van der Waals surface area contributed by atoms with E-state index in [0.717, 1.165) is 27.8 Å². The molecule has 2 N–H and O–H groups in total. The number of hydrogen-bond acceptors (Lipinski definition) is 5. The Bertz CT molecular complexity index is 1610. The van der Waals surface area contributed by atoms with Gasteiger partial charge in [0.1, 0.15) is 0 Å². The van der Waals surface area contributed by atoms with Crippen molar-refractivity contribution in [3.8, 4) is 11.3 Å². The van der Waals surface area contributed by atoms with Crippen LogP contribution in [0.5, 0.6) is 0 Å². The molecule has 6 nitrogen and oxygen atoms in total. The van der Waals surface area contributed by atoms with Gasteiger partial charge in [-0.15, -0.1) is 0 Å². The zero-order valence-corrected chi connectivity index (χ0v) is 19.2. The quantitative estimate of drug-likeness (QED) is 0.221. The largest absolute Gasteiger partial charge is 0.324 e. The Morgan fingerprint density at radius 3 is 2.51 bits per heavy atom. The molecule has 0 aliphatic carbocycles. The van der Waals surface area contributed by atoms with E-state index in [1.807, 2.05) is 54.6 Å². The number of allylic oxidation sites excluding steroid dienone is 1. The maximum atomic E-state index is 12.6. The standard InChI is InChI=1S/C28H19ClN4O2/c29-22-10-5-18(6-11-22)25-15-16-30-28(33-25)31-23-12-7-19(8-13-23)26(34)14-9-21-17-20-3-1-2-4-24(20)32-27(21)35/h1-17H,(H,32,35)(H,30,31,33)/b14-9+. The fourth-order valence-electron chi connectivity index (χ4n) is 3.60. The van der Waals surface area contributed by atoms with Crippen LogP contribution in [0.3, 0.4) is 0 Å². The first-order valence-electron chi connectivity index (χ1n) is 10.9. The highest BCUT2D eigenvalue weighted by Crippen LogP contribution is 2.22. The summed E-state index contributed by atoms with van der Waals surface area (Å²) in [6.45, 7) is 0. The summed E-state index contributed by atoms with van der Waals surface area (Å²) in [5, 5.41) is 4.71. The molecule has 0 unspecified atom stereocenters. The molecule has 0 fully saturated rings. The fraction of sp³-hybridized carbons (Fsp3) is 0. The van der Waals surface area contributed by atoms with Crippen LogP contribution >= 0.6 is 11.6 Å². The first-order chi connectivity index (χ1) is 17.0. The molecule has 5 aromatic rings. The van der Waals surface area contributed by atoms with E-state index >= 15 is 0 Å². The van der Waals surface area contributed by atoms with E-state index in [4.69, 9.17) is 11.6 Å². The van der Waals surface area contributed by atoms with E-state index in [1.54, 1.807) is 36.5 Å². The van der Waals surface area contributed by atoms with Gasteiger partial charge in [0.2, 0.25) is 5.95 Å². The second kappa shape index (κ2) is 9.75. The first-order valence-corrected chi connectivity index (χ1v) is 11.2. The number of hydrogen-bond donors (Lipinski definition) is 2. The number of nitrogens with zero attached hydrogens (tertiary/aromatic N) is 2. The lowest BCUT2D eigenvalue weighted by Gasteiger charge is -2.07. The van der Waals surface area contributed by atoms with Crippen molar-refractivity contribution >= 4 is 46.0 Å². The van der Waals surface area contributed by atoms with E-state index in [9.17, 15) is 9.59 Å². The van der Waals surface area contributed by atoms with E-state index in [0.29, 0.717) is 22.1 Å². The van der Waals surface area contributed by atoms with Crippen molar-refractivity contribution in [2.75, 3.05) is 5.32 Å². The molecule has 0 spiro atoms. The Labute approximate surface area is 206 Å². The van der Waals surface area contributed by atoms with Gasteiger partial charge in [0.15, 0.2) is 5.78 Å². The SMILES string of the molecule is O=C(/C=C/c1cc2ccccc2[nH]c1=O)c1ccc(Nc2nccc(-c3ccc(Cl)cc3)n2)cc1. The third-order valence-electron chi connectivity index (χ3n) is 5.42. The van der Waals surface area contributed by atoms with Crippen molar-refractivity contribution in [3.63, 3.8) is 0 Å². The van der Waals surface area contributed by atoms with Crippen LogP contribution in [0.15, 0.2) is 102 Å². The lowest BCUT2D eigenvalue weighted by molar-refractivity contribution is 0.104. The number of pyridine rings is 1. The van der Waals surface area contributed by atoms with Gasteiger partial charge < -0.3 is 10.3 Å². The van der Waals surface area contributed by atoms with Crippen LogP contribution in [0, 0.1) is 0 Å². The summed E-state index contributed by atoms with van der Waals surface area (Å²) in [6.07, 6.45) is 4.62. The summed E-state index contributed by atoms with van der Waals surface area (Å²) < 4.78 is 0. The number of anilines is 2. The zero-order chi connectivity index (χ0) is 24.2. The van der Waals surface area contributed by atoms with E-state index < -0.39 is 0 Å². The van der Waals surface area contributed by atoms with Crippen LogP contribution < -0.4 is 10.9 Å². The van der Waals surface area contributed by atoms with Gasteiger partial charge in [-0.05, 0) is 72.1 Å². The van der Waals surface area contributed by atoms with Gasteiger partial charge in [0.25, 0.3) is 5.56 Å². The van der Waals surface area contributed by atoms with Gasteiger partial charge in [-0.25, -0.2) is 9.97 Å². The molecular formula is C28H19ClN4O2. The highest BCUT2D eigenvalue weighted by molar-refractivity contribution is 6.30. The predicted molar refractivity (Wildman–Crippen MR) is 140 cm³/mol. The number of fused-ring (bicyclic) bond motifs is 1. The molecule has 2 heterocycles. The number of aromatic nitrogens is 3. The molecule has 0 radical (unpaired) electrons. The normalized spacial score (nSPS) is 11.1. The lowest BCUT2D eigenvalue weighted by atomic mass is 10.1. The number of nitrogens with one attached hydrogen (secondary N) is 2. The highest BCUT2D eigenvalue weighted by atomic mass is 35.5. The zero-order valence-electron chi connectivity index (χ0n) is 18.4. The summed E-state index contributed by atoms with van der Waals surface area (Å²) >= 11 is 5.96. The Kier molecular flexibility index (Phi) is 6.20.